The molecule has 0 aliphatic carbocycles. The molecule has 0 spiro atoms. The van der Waals surface area contributed by atoms with Gasteiger partial charge in [0.05, 0.1) is 18.4 Å². The van der Waals surface area contributed by atoms with Crippen molar-refractivity contribution in [3.05, 3.63) is 64.7 Å². The highest BCUT2D eigenvalue weighted by molar-refractivity contribution is 7.15. The number of thiophene rings is 1. The van der Waals surface area contributed by atoms with Gasteiger partial charge in [-0.1, -0.05) is 12.1 Å². The van der Waals surface area contributed by atoms with Crippen LogP contribution in [0.15, 0.2) is 52.5 Å². The van der Waals surface area contributed by atoms with E-state index >= 15 is 0 Å². The maximum atomic E-state index is 12.4. The lowest BCUT2D eigenvalue weighted by atomic mass is 10.1. The fraction of sp³-hybridized carbons (Fsp3) is 0.143. The number of hydrogen-bond acceptors (Lipinski definition) is 8. The number of furan rings is 1. The van der Waals surface area contributed by atoms with Gasteiger partial charge >= 0.3 is 11.9 Å². The Bertz CT molecular complexity index is 1050. The van der Waals surface area contributed by atoms with Gasteiger partial charge in [0, 0.05) is 16.5 Å². The van der Waals surface area contributed by atoms with Crippen molar-refractivity contribution in [2.24, 2.45) is 0 Å². The number of carbonyl (C=O) groups excluding carboxylic acids is 4. The second-order valence-electron chi connectivity index (χ2n) is 5.92. The summed E-state index contributed by atoms with van der Waals surface area (Å²) in [5.41, 5.74) is 1.28. The van der Waals surface area contributed by atoms with Gasteiger partial charge in [-0.25, -0.2) is 9.59 Å². The lowest BCUT2D eigenvalue weighted by Crippen LogP contribution is -2.21. The van der Waals surface area contributed by atoms with E-state index in [0.717, 1.165) is 11.3 Å². The SMILES string of the molecule is CCOC(=O)c1c(-c2ccco2)csc1NC(=O)COC(=O)c1ccc(C=O)cc1. The number of anilines is 1. The van der Waals surface area contributed by atoms with Crippen LogP contribution in [0.3, 0.4) is 0 Å². The van der Waals surface area contributed by atoms with Gasteiger partial charge in [-0.15, -0.1) is 11.3 Å². The molecule has 154 valence electrons. The normalized spacial score (nSPS) is 10.3. The second kappa shape index (κ2) is 9.66. The number of amides is 1. The molecule has 8 nitrogen and oxygen atoms in total. The standard InChI is InChI=1S/C21H17NO7S/c1-2-27-21(26)18-15(16-4-3-9-28-16)12-30-19(18)22-17(24)11-29-20(25)14-7-5-13(10-23)6-8-14/h3-10,12H,2,11H2,1H3,(H,22,24). The minimum absolute atomic E-state index is 0.167. The van der Waals surface area contributed by atoms with Crippen LogP contribution in [0.1, 0.15) is 38.0 Å². The predicted octanol–water partition coefficient (Wildman–Crippen LogP) is 3.79. The first-order valence-electron chi connectivity index (χ1n) is 8.88. The van der Waals surface area contributed by atoms with E-state index in [-0.39, 0.29) is 22.7 Å². The number of ether oxygens (including phenoxy) is 2. The molecule has 3 aromatic rings. The maximum Gasteiger partial charge on any atom is 0.341 e. The minimum Gasteiger partial charge on any atom is -0.464 e. The predicted molar refractivity (Wildman–Crippen MR) is 109 cm³/mol. The molecular weight excluding hydrogens is 410 g/mol. The summed E-state index contributed by atoms with van der Waals surface area (Å²) in [6.07, 6.45) is 2.13. The molecule has 3 rings (SSSR count). The lowest BCUT2D eigenvalue weighted by Gasteiger charge is -2.08. The molecule has 1 aromatic carbocycles. The first-order valence-corrected chi connectivity index (χ1v) is 9.76. The Morgan fingerprint density at radius 3 is 2.50 bits per heavy atom. The third kappa shape index (κ3) is 4.81. The third-order valence-corrected chi connectivity index (χ3v) is 4.82. The van der Waals surface area contributed by atoms with Crippen molar-refractivity contribution in [2.75, 3.05) is 18.5 Å². The summed E-state index contributed by atoms with van der Waals surface area (Å²) in [5, 5.41) is 4.50. The highest BCUT2D eigenvalue weighted by Gasteiger charge is 2.24. The number of carbonyl (C=O) groups is 4. The highest BCUT2D eigenvalue weighted by Crippen LogP contribution is 2.36. The van der Waals surface area contributed by atoms with Gasteiger partial charge < -0.3 is 19.2 Å². The molecule has 2 heterocycles. The molecule has 1 amide bonds. The maximum absolute atomic E-state index is 12.4. The summed E-state index contributed by atoms with van der Waals surface area (Å²) in [5.74, 6) is -1.48. The van der Waals surface area contributed by atoms with Gasteiger partial charge in [0.1, 0.15) is 22.6 Å². The van der Waals surface area contributed by atoms with E-state index < -0.39 is 24.5 Å². The number of benzene rings is 1. The van der Waals surface area contributed by atoms with Crippen molar-refractivity contribution >= 4 is 40.5 Å². The van der Waals surface area contributed by atoms with Gasteiger partial charge in [0.2, 0.25) is 0 Å². The van der Waals surface area contributed by atoms with E-state index in [0.29, 0.717) is 23.2 Å². The zero-order chi connectivity index (χ0) is 21.5. The molecule has 0 atom stereocenters. The molecule has 0 fully saturated rings. The Balaban J connectivity index is 1.69. The Hall–Kier alpha value is -3.72. The fourth-order valence-corrected chi connectivity index (χ4v) is 3.50. The molecule has 2 aromatic heterocycles. The first kappa shape index (κ1) is 21.0. The van der Waals surface area contributed by atoms with Crippen molar-refractivity contribution in [2.45, 2.75) is 6.92 Å². The molecule has 0 unspecified atom stereocenters. The Morgan fingerprint density at radius 2 is 1.87 bits per heavy atom. The van der Waals surface area contributed by atoms with Crippen LogP contribution in [0.5, 0.6) is 0 Å². The van der Waals surface area contributed by atoms with Crippen LogP contribution in [-0.4, -0.2) is 37.3 Å². The second-order valence-corrected chi connectivity index (χ2v) is 6.80. The van der Waals surface area contributed by atoms with Crippen molar-refractivity contribution in [3.8, 4) is 11.3 Å². The van der Waals surface area contributed by atoms with Gasteiger partial charge in [-0.2, -0.15) is 0 Å². The van der Waals surface area contributed by atoms with Crippen LogP contribution >= 0.6 is 11.3 Å². The lowest BCUT2D eigenvalue weighted by molar-refractivity contribution is -0.119. The minimum atomic E-state index is -0.712. The van der Waals surface area contributed by atoms with E-state index in [1.165, 1.54) is 30.5 Å². The van der Waals surface area contributed by atoms with Crippen LogP contribution in [0.25, 0.3) is 11.3 Å². The van der Waals surface area contributed by atoms with E-state index in [1.807, 2.05) is 0 Å². The molecule has 0 aliphatic rings. The zero-order valence-corrected chi connectivity index (χ0v) is 16.7. The average Bonchev–Trinajstić information content (AvgIpc) is 3.42. The Morgan fingerprint density at radius 1 is 1.10 bits per heavy atom. The fourth-order valence-electron chi connectivity index (χ4n) is 2.54. The Labute approximate surface area is 175 Å². The average molecular weight is 427 g/mol. The van der Waals surface area contributed by atoms with E-state index in [4.69, 9.17) is 13.9 Å². The van der Waals surface area contributed by atoms with E-state index in [9.17, 15) is 19.2 Å². The van der Waals surface area contributed by atoms with Crippen LogP contribution in [-0.2, 0) is 14.3 Å². The molecule has 1 N–H and O–H groups in total. The van der Waals surface area contributed by atoms with Crippen LogP contribution in [0, 0.1) is 0 Å². The van der Waals surface area contributed by atoms with Crippen LogP contribution in [0.4, 0.5) is 5.00 Å². The summed E-state index contributed by atoms with van der Waals surface area (Å²) < 4.78 is 15.4. The number of hydrogen-bond donors (Lipinski definition) is 1. The largest absolute Gasteiger partial charge is 0.464 e. The molecule has 0 aliphatic heterocycles. The molecule has 0 saturated heterocycles. The number of rotatable bonds is 8. The smallest absolute Gasteiger partial charge is 0.341 e. The van der Waals surface area contributed by atoms with Crippen molar-refractivity contribution in [3.63, 3.8) is 0 Å². The van der Waals surface area contributed by atoms with Crippen LogP contribution < -0.4 is 5.32 Å². The number of nitrogens with one attached hydrogen (secondary N) is 1. The molecular formula is C21H17NO7S. The van der Waals surface area contributed by atoms with Gasteiger partial charge in [0.15, 0.2) is 6.61 Å². The van der Waals surface area contributed by atoms with Crippen LogP contribution in [0.2, 0.25) is 0 Å². The molecule has 0 bridgehead atoms. The highest BCUT2D eigenvalue weighted by atomic mass is 32.1. The van der Waals surface area contributed by atoms with Gasteiger partial charge in [0.25, 0.3) is 5.91 Å². The van der Waals surface area contributed by atoms with Gasteiger partial charge in [-0.05, 0) is 31.2 Å². The van der Waals surface area contributed by atoms with Crippen molar-refractivity contribution < 1.29 is 33.1 Å². The number of aldehydes is 1. The topological polar surface area (TPSA) is 112 Å². The molecule has 30 heavy (non-hydrogen) atoms. The summed E-state index contributed by atoms with van der Waals surface area (Å²) >= 11 is 1.13. The van der Waals surface area contributed by atoms with Gasteiger partial charge in [-0.3, -0.25) is 9.59 Å². The molecule has 9 heteroatoms. The summed E-state index contributed by atoms with van der Waals surface area (Å²) in [7, 11) is 0. The summed E-state index contributed by atoms with van der Waals surface area (Å²) in [6, 6.07) is 9.17. The molecule has 0 saturated carbocycles. The quantitative estimate of drug-likeness (QED) is 0.430. The summed E-state index contributed by atoms with van der Waals surface area (Å²) in [6.45, 7) is 1.29. The third-order valence-electron chi connectivity index (χ3n) is 3.93. The van der Waals surface area contributed by atoms with Crippen molar-refractivity contribution in [1.82, 2.24) is 0 Å². The monoisotopic (exact) mass is 427 g/mol. The van der Waals surface area contributed by atoms with Crippen molar-refractivity contribution in [1.29, 1.82) is 0 Å². The number of esters is 2. The first-order chi connectivity index (χ1) is 14.5. The summed E-state index contributed by atoms with van der Waals surface area (Å²) in [4.78, 5) is 47.4. The van der Waals surface area contributed by atoms with E-state index in [1.54, 1.807) is 24.4 Å². The zero-order valence-electron chi connectivity index (χ0n) is 15.9. The molecule has 0 radical (unpaired) electrons. The Kier molecular flexibility index (Phi) is 6.76. The van der Waals surface area contributed by atoms with E-state index in [2.05, 4.69) is 5.32 Å².